The molecule has 0 N–H and O–H groups in total. The van der Waals surface area contributed by atoms with Gasteiger partial charge in [-0.15, -0.1) is 0 Å². The van der Waals surface area contributed by atoms with Gasteiger partial charge in [-0.25, -0.2) is 0 Å². The van der Waals surface area contributed by atoms with Crippen molar-refractivity contribution in [2.45, 2.75) is 38.4 Å². The van der Waals surface area contributed by atoms with Gasteiger partial charge in [-0.3, -0.25) is 0 Å². The quantitative estimate of drug-likeness (QED) is 0.489. The van der Waals surface area contributed by atoms with E-state index in [2.05, 4.69) is 79.2 Å². The molecule has 0 aromatic heterocycles. The fourth-order valence-electron chi connectivity index (χ4n) is 1.81. The molecular formula is C16H21Br. The number of hydrogen-bond acceptors (Lipinski definition) is 0. The van der Waals surface area contributed by atoms with Crippen molar-refractivity contribution in [1.29, 1.82) is 0 Å². The van der Waals surface area contributed by atoms with Gasteiger partial charge in [0.25, 0.3) is 0 Å². The second kappa shape index (κ2) is 7.50. The standard InChI is InChI=1S/C16H21Br/c1-4-9-16(12-14(5-2)13(3)17)15-10-7-6-8-11-15/h6-13H,4-5H2,1-3H3/b14-12-,16-9+/t13-/m0/s1. The minimum absolute atomic E-state index is 0.441. The Labute approximate surface area is 114 Å². The fourth-order valence-corrected chi connectivity index (χ4v) is 2.26. The van der Waals surface area contributed by atoms with E-state index < -0.39 is 0 Å². The molecule has 0 aliphatic heterocycles. The Morgan fingerprint density at radius 2 is 1.88 bits per heavy atom. The molecule has 17 heavy (non-hydrogen) atoms. The van der Waals surface area contributed by atoms with Crippen molar-refractivity contribution in [3.8, 4) is 0 Å². The van der Waals surface area contributed by atoms with Crippen molar-refractivity contribution >= 4 is 21.5 Å². The molecule has 0 aliphatic rings. The maximum absolute atomic E-state index is 3.66. The normalized spacial score (nSPS) is 14.8. The molecule has 1 rings (SSSR count). The summed E-state index contributed by atoms with van der Waals surface area (Å²) in [5.74, 6) is 0. The third-order valence-electron chi connectivity index (χ3n) is 2.79. The zero-order valence-corrected chi connectivity index (χ0v) is 12.5. The molecule has 1 aromatic carbocycles. The van der Waals surface area contributed by atoms with Crippen LogP contribution in [0.5, 0.6) is 0 Å². The van der Waals surface area contributed by atoms with Crippen LogP contribution in [0.2, 0.25) is 0 Å². The van der Waals surface area contributed by atoms with Gasteiger partial charge >= 0.3 is 0 Å². The topological polar surface area (TPSA) is 0 Å². The van der Waals surface area contributed by atoms with Crippen LogP contribution in [0.1, 0.15) is 39.2 Å². The van der Waals surface area contributed by atoms with Crippen molar-refractivity contribution in [1.82, 2.24) is 0 Å². The lowest BCUT2D eigenvalue weighted by molar-refractivity contribution is 1.00. The number of hydrogen-bond donors (Lipinski definition) is 0. The Morgan fingerprint density at radius 1 is 1.24 bits per heavy atom. The highest BCUT2D eigenvalue weighted by molar-refractivity contribution is 9.09. The molecule has 1 aromatic rings. The summed E-state index contributed by atoms with van der Waals surface area (Å²) in [7, 11) is 0. The average Bonchev–Trinajstić information content (AvgIpc) is 2.35. The molecule has 0 amide bonds. The van der Waals surface area contributed by atoms with Gasteiger partial charge in [-0.05, 0) is 30.9 Å². The highest BCUT2D eigenvalue weighted by Crippen LogP contribution is 2.23. The fraction of sp³-hybridized carbons (Fsp3) is 0.375. The Bertz CT molecular complexity index is 385. The Balaban J connectivity index is 3.08. The second-order valence-corrected chi connectivity index (χ2v) is 5.50. The summed E-state index contributed by atoms with van der Waals surface area (Å²) >= 11 is 3.66. The summed E-state index contributed by atoms with van der Waals surface area (Å²) < 4.78 is 0. The third-order valence-corrected chi connectivity index (χ3v) is 3.38. The summed E-state index contributed by atoms with van der Waals surface area (Å²) in [6.45, 7) is 6.57. The van der Waals surface area contributed by atoms with Crippen LogP contribution >= 0.6 is 15.9 Å². The highest BCUT2D eigenvalue weighted by atomic mass is 79.9. The maximum atomic E-state index is 3.66. The molecule has 0 aliphatic carbocycles. The highest BCUT2D eigenvalue weighted by Gasteiger charge is 2.04. The van der Waals surface area contributed by atoms with Crippen molar-refractivity contribution in [3.05, 3.63) is 53.6 Å². The number of allylic oxidation sites excluding steroid dienone is 4. The smallest absolute Gasteiger partial charge is 0.0329 e. The molecule has 0 radical (unpaired) electrons. The van der Waals surface area contributed by atoms with Gasteiger partial charge in [0.15, 0.2) is 0 Å². The van der Waals surface area contributed by atoms with Crippen LogP contribution in [-0.2, 0) is 0 Å². The molecule has 0 saturated carbocycles. The minimum atomic E-state index is 0.441. The SMILES string of the molecule is CC/C=C(\C=C(\CC)[C@H](C)Br)c1ccccc1. The maximum Gasteiger partial charge on any atom is 0.0329 e. The van der Waals surface area contributed by atoms with Crippen LogP contribution < -0.4 is 0 Å². The van der Waals surface area contributed by atoms with E-state index >= 15 is 0 Å². The largest absolute Gasteiger partial charge is 0.0845 e. The van der Waals surface area contributed by atoms with Crippen LogP contribution in [0.15, 0.2) is 48.1 Å². The van der Waals surface area contributed by atoms with Crippen LogP contribution in [0.3, 0.4) is 0 Å². The van der Waals surface area contributed by atoms with Gasteiger partial charge in [0.1, 0.15) is 0 Å². The number of benzene rings is 1. The van der Waals surface area contributed by atoms with Gasteiger partial charge in [-0.1, -0.05) is 77.8 Å². The van der Waals surface area contributed by atoms with E-state index in [1.54, 1.807) is 0 Å². The van der Waals surface area contributed by atoms with E-state index in [1.807, 2.05) is 0 Å². The summed E-state index contributed by atoms with van der Waals surface area (Å²) in [6, 6.07) is 10.6. The second-order valence-electron chi connectivity index (χ2n) is 4.12. The van der Waals surface area contributed by atoms with E-state index in [0.717, 1.165) is 12.8 Å². The van der Waals surface area contributed by atoms with Crippen molar-refractivity contribution in [2.24, 2.45) is 0 Å². The number of halogens is 1. The molecule has 0 bridgehead atoms. The lowest BCUT2D eigenvalue weighted by atomic mass is 10.00. The Morgan fingerprint density at radius 3 is 2.35 bits per heavy atom. The lowest BCUT2D eigenvalue weighted by Crippen LogP contribution is -1.96. The van der Waals surface area contributed by atoms with Crippen molar-refractivity contribution in [3.63, 3.8) is 0 Å². The van der Waals surface area contributed by atoms with Crippen LogP contribution in [0.4, 0.5) is 0 Å². The Kier molecular flexibility index (Phi) is 6.28. The summed E-state index contributed by atoms with van der Waals surface area (Å²) in [5.41, 5.74) is 4.07. The van der Waals surface area contributed by atoms with E-state index in [0.29, 0.717) is 4.83 Å². The minimum Gasteiger partial charge on any atom is -0.0845 e. The zero-order valence-electron chi connectivity index (χ0n) is 10.9. The molecule has 0 nitrogen and oxygen atoms in total. The van der Waals surface area contributed by atoms with E-state index in [4.69, 9.17) is 0 Å². The molecule has 0 spiro atoms. The van der Waals surface area contributed by atoms with Crippen LogP contribution in [0, 0.1) is 0 Å². The molecule has 0 heterocycles. The van der Waals surface area contributed by atoms with E-state index in [1.165, 1.54) is 16.7 Å². The van der Waals surface area contributed by atoms with Gasteiger partial charge in [0.05, 0.1) is 0 Å². The van der Waals surface area contributed by atoms with E-state index in [9.17, 15) is 0 Å². The monoisotopic (exact) mass is 292 g/mol. The van der Waals surface area contributed by atoms with Gasteiger partial charge in [-0.2, -0.15) is 0 Å². The van der Waals surface area contributed by atoms with Crippen molar-refractivity contribution < 1.29 is 0 Å². The van der Waals surface area contributed by atoms with Crippen LogP contribution in [0.25, 0.3) is 5.57 Å². The predicted octanol–water partition coefficient (Wildman–Crippen LogP) is 5.60. The summed E-state index contributed by atoms with van der Waals surface area (Å²) in [5, 5.41) is 0. The van der Waals surface area contributed by atoms with Gasteiger partial charge < -0.3 is 0 Å². The molecular weight excluding hydrogens is 272 g/mol. The summed E-state index contributed by atoms with van der Waals surface area (Å²) in [4.78, 5) is 0.441. The first-order chi connectivity index (χ1) is 8.19. The third kappa shape index (κ3) is 4.51. The molecule has 92 valence electrons. The Hall–Kier alpha value is -0.820. The molecule has 1 atom stereocenters. The summed E-state index contributed by atoms with van der Waals surface area (Å²) in [6.07, 6.45) is 6.76. The van der Waals surface area contributed by atoms with E-state index in [-0.39, 0.29) is 0 Å². The van der Waals surface area contributed by atoms with Crippen molar-refractivity contribution in [2.75, 3.05) is 0 Å². The predicted molar refractivity (Wildman–Crippen MR) is 81.5 cm³/mol. The number of alkyl halides is 1. The molecule has 0 saturated heterocycles. The first-order valence-electron chi connectivity index (χ1n) is 6.29. The first kappa shape index (κ1) is 14.2. The van der Waals surface area contributed by atoms with Crippen LogP contribution in [-0.4, -0.2) is 4.83 Å². The van der Waals surface area contributed by atoms with Gasteiger partial charge in [0.2, 0.25) is 0 Å². The number of rotatable bonds is 5. The molecule has 0 fully saturated rings. The molecule has 1 heteroatoms. The first-order valence-corrected chi connectivity index (χ1v) is 7.20. The zero-order chi connectivity index (χ0) is 12.7. The molecule has 0 unspecified atom stereocenters. The lowest BCUT2D eigenvalue weighted by Gasteiger charge is -2.10. The van der Waals surface area contributed by atoms with Gasteiger partial charge in [0, 0.05) is 4.83 Å². The average molecular weight is 293 g/mol.